The summed E-state index contributed by atoms with van der Waals surface area (Å²) in [6.07, 6.45) is 4.51. The molecule has 0 saturated heterocycles. The zero-order chi connectivity index (χ0) is 24.9. The molecule has 0 bridgehead atoms. The Bertz CT molecular complexity index is 1270. The lowest BCUT2D eigenvalue weighted by Gasteiger charge is -2.12. The fourth-order valence-electron chi connectivity index (χ4n) is 4.08. The maximum Gasteiger partial charge on any atom is 0.259 e. The number of benzene rings is 2. The highest BCUT2D eigenvalue weighted by Gasteiger charge is 2.27. The molecule has 0 aliphatic heterocycles. The second-order valence-electron chi connectivity index (χ2n) is 7.77. The molecule has 0 radical (unpaired) electrons. The summed E-state index contributed by atoms with van der Waals surface area (Å²) < 4.78 is 27.0. The van der Waals surface area contributed by atoms with Crippen LogP contribution in [0.1, 0.15) is 32.8 Å². The molecule has 184 valence electrons. The first-order valence-corrected chi connectivity index (χ1v) is 11.9. The number of ether oxygens (including phenoxy) is 5. The van der Waals surface area contributed by atoms with E-state index in [2.05, 4.69) is 5.32 Å². The van der Waals surface area contributed by atoms with Crippen LogP contribution in [0.4, 0.5) is 10.7 Å². The predicted molar refractivity (Wildman–Crippen MR) is 137 cm³/mol. The van der Waals surface area contributed by atoms with Gasteiger partial charge in [-0.05, 0) is 43.0 Å². The van der Waals surface area contributed by atoms with Crippen LogP contribution in [0.2, 0.25) is 0 Å². The summed E-state index contributed by atoms with van der Waals surface area (Å²) in [4.78, 5) is 19.4. The number of hydrogen-bond donors (Lipinski definition) is 1. The van der Waals surface area contributed by atoms with Gasteiger partial charge in [0.1, 0.15) is 22.2 Å². The third-order valence-corrected chi connectivity index (χ3v) is 7.04. The quantitative estimate of drug-likeness (QED) is 0.406. The minimum Gasteiger partial charge on any atom is -0.497 e. The Labute approximate surface area is 208 Å². The number of methoxy groups -OCH3 is 5. The van der Waals surface area contributed by atoms with Gasteiger partial charge in [0.15, 0.2) is 11.5 Å². The monoisotopic (exact) mass is 496 g/mol. The highest BCUT2D eigenvalue weighted by molar-refractivity contribution is 7.16. The molecule has 3 aromatic rings. The molecule has 9 heteroatoms. The third kappa shape index (κ3) is 4.90. The van der Waals surface area contributed by atoms with Gasteiger partial charge in [-0.2, -0.15) is 0 Å². The van der Waals surface area contributed by atoms with E-state index in [-0.39, 0.29) is 5.91 Å². The first-order valence-electron chi connectivity index (χ1n) is 11.0. The maximum atomic E-state index is 13.5. The molecule has 4 rings (SSSR count). The average Bonchev–Trinajstić information content (AvgIpc) is 3.48. The van der Waals surface area contributed by atoms with Gasteiger partial charge in [0.2, 0.25) is 0 Å². The van der Waals surface area contributed by atoms with Gasteiger partial charge in [0.25, 0.3) is 5.91 Å². The molecular weight excluding hydrogens is 468 g/mol. The van der Waals surface area contributed by atoms with Crippen LogP contribution in [0.5, 0.6) is 28.7 Å². The van der Waals surface area contributed by atoms with Gasteiger partial charge in [0.05, 0.1) is 46.8 Å². The third-order valence-electron chi connectivity index (χ3n) is 5.84. The largest absolute Gasteiger partial charge is 0.497 e. The number of nitrogens with zero attached hydrogens (tertiary/aromatic N) is 1. The predicted octanol–water partition coefficient (Wildman–Crippen LogP) is 5.28. The summed E-state index contributed by atoms with van der Waals surface area (Å²) in [6.45, 7) is 0. The number of rotatable bonds is 9. The molecule has 0 saturated carbocycles. The number of carbonyl (C=O) groups is 1. The van der Waals surface area contributed by atoms with Gasteiger partial charge in [0, 0.05) is 28.8 Å². The summed E-state index contributed by atoms with van der Waals surface area (Å²) in [5.41, 5.74) is 2.93. The molecular formula is C26H28N2O6S. The minimum atomic E-state index is -0.223. The molecule has 2 aromatic carbocycles. The molecule has 1 N–H and O–H groups in total. The van der Waals surface area contributed by atoms with Crippen LogP contribution in [-0.4, -0.2) is 47.7 Å². The Kier molecular flexibility index (Phi) is 7.45. The smallest absolute Gasteiger partial charge is 0.259 e. The molecule has 1 aliphatic rings. The second-order valence-corrected chi connectivity index (χ2v) is 8.85. The van der Waals surface area contributed by atoms with Crippen molar-refractivity contribution in [1.82, 2.24) is 0 Å². The van der Waals surface area contributed by atoms with E-state index in [0.29, 0.717) is 50.6 Å². The maximum absolute atomic E-state index is 13.5. The van der Waals surface area contributed by atoms with E-state index >= 15 is 0 Å². The van der Waals surface area contributed by atoms with Crippen LogP contribution in [0, 0.1) is 0 Å². The highest BCUT2D eigenvalue weighted by atomic mass is 32.1. The van der Waals surface area contributed by atoms with Gasteiger partial charge in [-0.1, -0.05) is 0 Å². The van der Waals surface area contributed by atoms with E-state index < -0.39 is 0 Å². The lowest BCUT2D eigenvalue weighted by Crippen LogP contribution is -2.14. The minimum absolute atomic E-state index is 0.223. The van der Waals surface area contributed by atoms with E-state index in [1.807, 2.05) is 0 Å². The van der Waals surface area contributed by atoms with E-state index in [1.54, 1.807) is 83.4 Å². The van der Waals surface area contributed by atoms with Crippen LogP contribution in [0.3, 0.4) is 0 Å². The zero-order valence-electron chi connectivity index (χ0n) is 20.4. The molecule has 0 atom stereocenters. The van der Waals surface area contributed by atoms with Gasteiger partial charge < -0.3 is 29.0 Å². The second kappa shape index (κ2) is 10.7. The summed E-state index contributed by atoms with van der Waals surface area (Å²) in [5, 5.41) is 3.64. The number of nitrogens with one attached hydrogen (secondary N) is 1. The molecule has 35 heavy (non-hydrogen) atoms. The summed E-state index contributed by atoms with van der Waals surface area (Å²) in [7, 11) is 7.86. The number of amides is 1. The molecule has 1 heterocycles. The van der Waals surface area contributed by atoms with Crippen molar-refractivity contribution < 1.29 is 28.5 Å². The van der Waals surface area contributed by atoms with E-state index in [9.17, 15) is 4.79 Å². The van der Waals surface area contributed by atoms with Crippen molar-refractivity contribution >= 4 is 34.1 Å². The molecule has 0 unspecified atom stereocenters. The van der Waals surface area contributed by atoms with Gasteiger partial charge >= 0.3 is 0 Å². The Balaban J connectivity index is 1.69. The van der Waals surface area contributed by atoms with E-state index in [0.717, 1.165) is 24.8 Å². The zero-order valence-corrected chi connectivity index (χ0v) is 21.2. The first-order chi connectivity index (χ1) is 17.0. The Hall–Kier alpha value is -3.72. The topological polar surface area (TPSA) is 87.6 Å². The lowest BCUT2D eigenvalue weighted by atomic mass is 10.1. The number of aryl methyl sites for hydroxylation is 1. The number of fused-ring (bicyclic) bond motifs is 1. The summed E-state index contributed by atoms with van der Waals surface area (Å²) in [5.74, 6) is 2.65. The summed E-state index contributed by atoms with van der Waals surface area (Å²) in [6, 6.07) is 8.82. The standard InChI is InChI=1S/C26H28N2O6S/c1-30-16-9-10-18(20(12-16)32-3)28-25(29)24-17-7-6-8-23(17)35-26(24)27-14-15-11-21(33-4)22(34-5)13-19(15)31-2/h9-14H,6-8H2,1-5H3,(H,28,29). The number of thiophene rings is 1. The van der Waals surface area contributed by atoms with E-state index in [4.69, 9.17) is 28.7 Å². The molecule has 1 aromatic heterocycles. The normalized spacial score (nSPS) is 12.4. The molecule has 0 spiro atoms. The van der Waals surface area contributed by atoms with Crippen LogP contribution >= 0.6 is 11.3 Å². The lowest BCUT2D eigenvalue weighted by molar-refractivity contribution is 0.102. The fraction of sp³-hybridized carbons (Fsp3) is 0.308. The van der Waals surface area contributed by atoms with Crippen molar-refractivity contribution in [3.8, 4) is 28.7 Å². The average molecular weight is 497 g/mol. The number of aliphatic imine (C=N–C) groups is 1. The molecule has 1 aliphatic carbocycles. The van der Waals surface area contributed by atoms with Crippen molar-refractivity contribution in [2.24, 2.45) is 4.99 Å². The Morgan fingerprint density at radius 2 is 1.60 bits per heavy atom. The number of hydrogen-bond acceptors (Lipinski definition) is 8. The first kappa shape index (κ1) is 24.4. The van der Waals surface area contributed by atoms with Crippen molar-refractivity contribution in [2.45, 2.75) is 19.3 Å². The van der Waals surface area contributed by atoms with Crippen molar-refractivity contribution in [3.05, 3.63) is 51.9 Å². The molecule has 0 fully saturated rings. The highest BCUT2D eigenvalue weighted by Crippen LogP contribution is 2.42. The molecule has 1 amide bonds. The van der Waals surface area contributed by atoms with Gasteiger partial charge in [-0.3, -0.25) is 4.79 Å². The van der Waals surface area contributed by atoms with Crippen LogP contribution < -0.4 is 29.0 Å². The SMILES string of the molecule is COc1ccc(NC(=O)c2c(N=Cc3cc(OC)c(OC)cc3OC)sc3c2CCC3)c(OC)c1. The Morgan fingerprint density at radius 3 is 2.29 bits per heavy atom. The van der Waals surface area contributed by atoms with Crippen LogP contribution in [0.25, 0.3) is 0 Å². The van der Waals surface area contributed by atoms with Gasteiger partial charge in [-0.15, -0.1) is 11.3 Å². The van der Waals surface area contributed by atoms with Crippen LogP contribution in [-0.2, 0) is 12.8 Å². The van der Waals surface area contributed by atoms with Gasteiger partial charge in [-0.25, -0.2) is 4.99 Å². The van der Waals surface area contributed by atoms with E-state index in [1.165, 1.54) is 4.88 Å². The summed E-state index contributed by atoms with van der Waals surface area (Å²) >= 11 is 1.55. The van der Waals surface area contributed by atoms with Crippen molar-refractivity contribution in [1.29, 1.82) is 0 Å². The number of anilines is 1. The Morgan fingerprint density at radius 1 is 0.886 bits per heavy atom. The van der Waals surface area contributed by atoms with Crippen molar-refractivity contribution in [3.63, 3.8) is 0 Å². The molecule has 8 nitrogen and oxygen atoms in total. The number of carbonyl (C=O) groups excluding carboxylic acids is 1. The van der Waals surface area contributed by atoms with Crippen molar-refractivity contribution in [2.75, 3.05) is 40.9 Å². The fourth-order valence-corrected chi connectivity index (χ4v) is 5.31. The van der Waals surface area contributed by atoms with Crippen LogP contribution in [0.15, 0.2) is 35.3 Å².